The minimum atomic E-state index is -1.77. The molecule has 0 amide bonds. The molecule has 74 heavy (non-hydrogen) atoms. The molecule has 29 atom stereocenters. The van der Waals surface area contributed by atoms with Gasteiger partial charge < -0.3 is 104 Å². The fourth-order valence-corrected chi connectivity index (χ4v) is 13.9. The summed E-state index contributed by atoms with van der Waals surface area (Å²) in [4.78, 5) is 27.0. The SMILES string of the molecule is CC(=O)[C@H]1C(OC(=O)CCC(C)COC2OC(CO)C(O)C(O)C2O)C[C@H]2[C@@H]3CC=C4CC(OC5OC(CO)C(OC6OC(C)C(O)C(O)C6O)C(O)C5OC5OC(C)C(O)C(O)C5O)CC[C@]4(C)[C@H]3CC[C@]12C. The number of hydrogen-bond acceptors (Lipinski definition) is 23. The van der Waals surface area contributed by atoms with Gasteiger partial charge in [-0.05, 0) is 107 Å². The van der Waals surface area contributed by atoms with Crippen LogP contribution in [0.25, 0.3) is 0 Å². The van der Waals surface area contributed by atoms with Crippen LogP contribution >= 0.6 is 0 Å². The zero-order valence-corrected chi connectivity index (χ0v) is 43.0. The Labute approximate surface area is 430 Å². The van der Waals surface area contributed by atoms with E-state index < -0.39 is 166 Å². The van der Waals surface area contributed by atoms with Crippen LogP contribution < -0.4 is 0 Å². The first-order valence-corrected chi connectivity index (χ1v) is 26.6. The van der Waals surface area contributed by atoms with Crippen molar-refractivity contribution in [3.05, 3.63) is 11.6 Å². The number of carbonyl (C=O) groups excluding carboxylic acids is 2. The molecule has 4 saturated heterocycles. The highest BCUT2D eigenvalue weighted by molar-refractivity contribution is 5.81. The van der Waals surface area contributed by atoms with Gasteiger partial charge in [-0.25, -0.2) is 0 Å². The monoisotopic (exact) mass is 1060 g/mol. The zero-order chi connectivity index (χ0) is 53.9. The van der Waals surface area contributed by atoms with Gasteiger partial charge >= 0.3 is 5.97 Å². The molecule has 424 valence electrons. The van der Waals surface area contributed by atoms with Crippen molar-refractivity contribution in [3.63, 3.8) is 0 Å². The van der Waals surface area contributed by atoms with Gasteiger partial charge in [-0.2, -0.15) is 0 Å². The number of Topliss-reactive ketones (excluding diaryl/α,β-unsaturated/α-hetero) is 1. The minimum Gasteiger partial charge on any atom is -0.462 e. The minimum absolute atomic E-state index is 0.0249. The number of ether oxygens (including phenoxy) is 9. The summed E-state index contributed by atoms with van der Waals surface area (Å²) >= 11 is 0. The number of ketones is 1. The lowest BCUT2D eigenvalue weighted by atomic mass is 9.47. The molecule has 0 spiro atoms. The third-order valence-corrected chi connectivity index (χ3v) is 18.3. The van der Waals surface area contributed by atoms with Crippen LogP contribution in [-0.2, 0) is 52.2 Å². The van der Waals surface area contributed by atoms with E-state index >= 15 is 0 Å². The molecule has 0 aromatic carbocycles. The summed E-state index contributed by atoms with van der Waals surface area (Å²) in [7, 11) is 0. The van der Waals surface area contributed by atoms with Crippen molar-refractivity contribution in [2.24, 2.45) is 40.4 Å². The predicted molar refractivity (Wildman–Crippen MR) is 250 cm³/mol. The third kappa shape index (κ3) is 11.2. The molecule has 3 saturated carbocycles. The molecule has 7 fully saturated rings. The number of aliphatic hydroxyl groups excluding tert-OH is 12. The van der Waals surface area contributed by atoms with E-state index in [1.165, 1.54) is 19.4 Å². The maximum atomic E-state index is 13.5. The maximum absolute atomic E-state index is 13.5. The van der Waals surface area contributed by atoms with Crippen LogP contribution in [0.3, 0.4) is 0 Å². The zero-order valence-electron chi connectivity index (χ0n) is 43.0. The quantitative estimate of drug-likeness (QED) is 0.0576. The third-order valence-electron chi connectivity index (χ3n) is 18.3. The first-order chi connectivity index (χ1) is 34.9. The molecular formula is C51H82O23. The van der Waals surface area contributed by atoms with E-state index in [0.29, 0.717) is 32.1 Å². The van der Waals surface area contributed by atoms with Crippen molar-refractivity contribution in [1.29, 1.82) is 0 Å². The van der Waals surface area contributed by atoms with Gasteiger partial charge in [-0.1, -0.05) is 32.4 Å². The smallest absolute Gasteiger partial charge is 0.306 e. The predicted octanol–water partition coefficient (Wildman–Crippen LogP) is -2.20. The molecule has 8 rings (SSSR count). The van der Waals surface area contributed by atoms with Crippen LogP contribution in [0.5, 0.6) is 0 Å². The van der Waals surface area contributed by atoms with E-state index in [1.807, 2.05) is 6.92 Å². The lowest BCUT2D eigenvalue weighted by Crippen LogP contribution is -2.66. The van der Waals surface area contributed by atoms with Gasteiger partial charge in [0.1, 0.15) is 97.3 Å². The lowest BCUT2D eigenvalue weighted by Gasteiger charge is -2.58. The Morgan fingerprint density at radius 3 is 1.86 bits per heavy atom. The molecular weight excluding hydrogens is 981 g/mol. The summed E-state index contributed by atoms with van der Waals surface area (Å²) in [6.45, 7) is 9.50. The molecule has 23 unspecified atom stereocenters. The van der Waals surface area contributed by atoms with Gasteiger partial charge in [0, 0.05) is 6.42 Å². The van der Waals surface area contributed by atoms with E-state index in [2.05, 4.69) is 19.9 Å². The second-order valence-electron chi connectivity index (χ2n) is 23.1. The molecule has 4 aliphatic carbocycles. The van der Waals surface area contributed by atoms with Crippen LogP contribution in [0, 0.1) is 40.4 Å². The highest BCUT2D eigenvalue weighted by atomic mass is 16.8. The number of carbonyl (C=O) groups is 2. The lowest BCUT2D eigenvalue weighted by molar-refractivity contribution is -0.388. The molecule has 4 aliphatic heterocycles. The van der Waals surface area contributed by atoms with E-state index in [0.717, 1.165) is 19.3 Å². The van der Waals surface area contributed by atoms with Gasteiger partial charge in [-0.15, -0.1) is 0 Å². The van der Waals surface area contributed by atoms with Crippen molar-refractivity contribution in [2.75, 3.05) is 19.8 Å². The Morgan fingerprint density at radius 1 is 0.676 bits per heavy atom. The number of rotatable bonds is 16. The second-order valence-corrected chi connectivity index (χ2v) is 23.1. The highest BCUT2D eigenvalue weighted by Crippen LogP contribution is 2.67. The summed E-state index contributed by atoms with van der Waals surface area (Å²) < 4.78 is 53.8. The fraction of sp³-hybridized carbons (Fsp3) is 0.922. The van der Waals surface area contributed by atoms with E-state index in [9.17, 15) is 70.9 Å². The molecule has 0 bridgehead atoms. The molecule has 23 nitrogen and oxygen atoms in total. The van der Waals surface area contributed by atoms with Gasteiger partial charge in [0.25, 0.3) is 0 Å². The molecule has 0 aromatic heterocycles. The van der Waals surface area contributed by atoms with Crippen molar-refractivity contribution in [2.45, 2.75) is 234 Å². The maximum Gasteiger partial charge on any atom is 0.306 e. The standard InChI is InChI=1S/C51H82O23/c1-20(19-66-46-40(62)39(61)36(58)30(17-52)71-46)7-10-32(55)70-29-16-28-26-9-8-24-15-25(11-13-50(24,5)27(26)12-14-51(28,6)33(29)21(2)54)69-49-45(74-48-42(64)38(60)35(57)23(4)68-48)43(65)44(31(18-53)72-49)73-47-41(63)37(59)34(56)22(3)67-47/h8,20,22-23,25-31,33-49,52-53,56-65H,7,9-19H2,1-6H3/t20?,22?,23?,25?,26-,27+,28+,29?,30?,31?,33+,34?,35?,36?,37?,38?,39?,40?,41?,42?,43?,44?,45?,46?,47?,48?,49?,50+,51+/m1/s1. The number of hydrogen-bond donors (Lipinski definition) is 12. The van der Waals surface area contributed by atoms with Gasteiger partial charge in [0.2, 0.25) is 0 Å². The van der Waals surface area contributed by atoms with Gasteiger partial charge in [0.15, 0.2) is 25.2 Å². The first kappa shape index (κ1) is 58.2. The second kappa shape index (κ2) is 23.4. The Hall–Kier alpha value is -1.92. The van der Waals surface area contributed by atoms with Crippen molar-refractivity contribution in [3.8, 4) is 0 Å². The first-order valence-electron chi connectivity index (χ1n) is 26.6. The normalized spacial score (nSPS) is 51.0. The van der Waals surface area contributed by atoms with Crippen molar-refractivity contribution >= 4 is 11.8 Å². The Kier molecular flexibility index (Phi) is 18.4. The molecule has 12 N–H and O–H groups in total. The molecule has 0 aromatic rings. The average Bonchev–Trinajstić information content (AvgIpc) is 3.67. The number of allylic oxidation sites excluding steroid dienone is 1. The summed E-state index contributed by atoms with van der Waals surface area (Å²) in [5.74, 6) is -0.639. The van der Waals surface area contributed by atoms with Crippen LogP contribution in [-0.4, -0.2) is 228 Å². The summed E-state index contributed by atoms with van der Waals surface area (Å²) in [5.41, 5.74) is 0.515. The highest BCUT2D eigenvalue weighted by Gasteiger charge is 2.64. The Balaban J connectivity index is 0.923. The van der Waals surface area contributed by atoms with E-state index in [-0.39, 0.29) is 47.9 Å². The molecule has 23 heteroatoms. The number of aliphatic hydroxyl groups is 12. The molecule has 8 aliphatic rings. The molecule has 4 heterocycles. The topological polar surface area (TPSA) is 360 Å². The van der Waals surface area contributed by atoms with Crippen LogP contribution in [0.15, 0.2) is 11.6 Å². The Morgan fingerprint density at radius 2 is 1.26 bits per heavy atom. The van der Waals surface area contributed by atoms with Crippen LogP contribution in [0.4, 0.5) is 0 Å². The van der Waals surface area contributed by atoms with Crippen molar-refractivity contribution in [1.82, 2.24) is 0 Å². The van der Waals surface area contributed by atoms with Crippen molar-refractivity contribution < 1.29 is 113 Å². The summed E-state index contributed by atoms with van der Waals surface area (Å²) in [6.07, 6.45) is -23.3. The fourth-order valence-electron chi connectivity index (χ4n) is 13.9. The number of fused-ring (bicyclic) bond motifs is 5. The largest absolute Gasteiger partial charge is 0.462 e. The van der Waals surface area contributed by atoms with E-state index in [1.54, 1.807) is 6.92 Å². The number of esters is 1. The summed E-state index contributed by atoms with van der Waals surface area (Å²) in [5, 5.41) is 126. The Bertz CT molecular complexity index is 1940. The van der Waals surface area contributed by atoms with Gasteiger partial charge in [-0.3, -0.25) is 9.59 Å². The average molecular weight is 1060 g/mol. The van der Waals surface area contributed by atoms with Crippen LogP contribution in [0.1, 0.15) is 99.3 Å². The molecule has 0 radical (unpaired) electrons. The summed E-state index contributed by atoms with van der Waals surface area (Å²) in [6, 6.07) is 0. The van der Waals surface area contributed by atoms with E-state index in [4.69, 9.17) is 42.6 Å². The van der Waals surface area contributed by atoms with Gasteiger partial charge in [0.05, 0.1) is 44.1 Å². The van der Waals surface area contributed by atoms with Crippen LogP contribution in [0.2, 0.25) is 0 Å².